The summed E-state index contributed by atoms with van der Waals surface area (Å²) in [6, 6.07) is 0.355. The van der Waals surface area contributed by atoms with Crippen molar-refractivity contribution in [3.63, 3.8) is 0 Å². The molecule has 0 bridgehead atoms. The number of hydrogen-bond acceptors (Lipinski definition) is 3. The van der Waals surface area contributed by atoms with Crippen molar-refractivity contribution in [3.8, 4) is 0 Å². The topological polar surface area (TPSA) is 69.6 Å². The van der Waals surface area contributed by atoms with E-state index in [4.69, 9.17) is 9.90 Å². The smallest absolute Gasteiger partial charge is 0.475 e. The van der Waals surface area contributed by atoms with Crippen LogP contribution in [0.5, 0.6) is 0 Å². The molecule has 2 N–H and O–H groups in total. The summed E-state index contributed by atoms with van der Waals surface area (Å²) in [6.07, 6.45) is -5.08. The molecule has 1 heterocycles. The third-order valence-electron chi connectivity index (χ3n) is 2.52. The second-order valence-electron chi connectivity index (χ2n) is 4.54. The molecule has 1 amide bonds. The van der Waals surface area contributed by atoms with Gasteiger partial charge in [0, 0.05) is 31.6 Å². The zero-order chi connectivity index (χ0) is 15.2. The van der Waals surface area contributed by atoms with Crippen LogP contribution in [0, 0.1) is 5.92 Å². The summed E-state index contributed by atoms with van der Waals surface area (Å²) in [5.74, 6) is -2.35. The second kappa shape index (κ2) is 7.32. The second-order valence-corrected chi connectivity index (χ2v) is 4.54. The lowest BCUT2D eigenvalue weighted by Crippen LogP contribution is -2.53. The van der Waals surface area contributed by atoms with Crippen LogP contribution in [0.15, 0.2) is 0 Å². The van der Waals surface area contributed by atoms with Gasteiger partial charge in [-0.25, -0.2) is 4.79 Å². The van der Waals surface area contributed by atoms with Gasteiger partial charge in [0.05, 0.1) is 0 Å². The Kier molecular flexibility index (Phi) is 6.82. The first-order valence-corrected chi connectivity index (χ1v) is 5.88. The average Bonchev–Trinajstić information content (AvgIpc) is 2.28. The van der Waals surface area contributed by atoms with Gasteiger partial charge < -0.3 is 15.3 Å². The van der Waals surface area contributed by atoms with Crippen molar-refractivity contribution in [2.45, 2.75) is 33.0 Å². The van der Waals surface area contributed by atoms with Crippen molar-refractivity contribution >= 4 is 11.9 Å². The number of hydrogen-bond donors (Lipinski definition) is 2. The third kappa shape index (κ3) is 6.42. The number of carbonyl (C=O) groups is 2. The highest BCUT2D eigenvalue weighted by molar-refractivity contribution is 5.78. The molecule has 0 unspecified atom stereocenters. The van der Waals surface area contributed by atoms with Crippen LogP contribution in [0.25, 0.3) is 0 Å². The highest BCUT2D eigenvalue weighted by Gasteiger charge is 2.38. The first-order valence-electron chi connectivity index (χ1n) is 5.88. The summed E-state index contributed by atoms with van der Waals surface area (Å²) in [5.41, 5.74) is 0. The van der Waals surface area contributed by atoms with Gasteiger partial charge in [-0.05, 0) is 6.92 Å². The first-order chi connectivity index (χ1) is 8.57. The van der Waals surface area contributed by atoms with E-state index in [1.165, 1.54) is 0 Å². The minimum absolute atomic E-state index is 0.130. The Labute approximate surface area is 109 Å². The number of carbonyl (C=O) groups excluding carboxylic acids is 1. The Balaban J connectivity index is 0.000000399. The fourth-order valence-corrected chi connectivity index (χ4v) is 1.50. The van der Waals surface area contributed by atoms with Crippen LogP contribution in [0.3, 0.4) is 0 Å². The molecule has 0 aromatic rings. The molecular weight excluding hydrogens is 265 g/mol. The molecular formula is C11H19F3N2O3. The minimum Gasteiger partial charge on any atom is -0.475 e. The molecule has 0 saturated carbocycles. The Bertz CT molecular complexity index is 319. The molecule has 112 valence electrons. The number of carboxylic acid groups (broad SMARTS) is 1. The van der Waals surface area contributed by atoms with Gasteiger partial charge in [0.1, 0.15) is 0 Å². The van der Waals surface area contributed by atoms with E-state index >= 15 is 0 Å². The Morgan fingerprint density at radius 2 is 1.84 bits per heavy atom. The Morgan fingerprint density at radius 1 is 1.37 bits per heavy atom. The van der Waals surface area contributed by atoms with Gasteiger partial charge in [-0.1, -0.05) is 13.8 Å². The van der Waals surface area contributed by atoms with Crippen LogP contribution in [0.1, 0.15) is 20.8 Å². The Hall–Kier alpha value is -1.31. The maximum atomic E-state index is 11.6. The predicted octanol–water partition coefficient (Wildman–Crippen LogP) is 1.10. The molecule has 0 aromatic carbocycles. The molecule has 0 aromatic heterocycles. The number of aliphatic carboxylic acids is 1. The highest BCUT2D eigenvalue weighted by Crippen LogP contribution is 2.13. The van der Waals surface area contributed by atoms with Gasteiger partial charge in [-0.15, -0.1) is 0 Å². The monoisotopic (exact) mass is 284 g/mol. The van der Waals surface area contributed by atoms with Crippen molar-refractivity contribution in [2.75, 3.05) is 19.6 Å². The SMILES string of the molecule is CC(C)C(=O)N1CCNC[C@H]1C.O=C(O)C(F)(F)F. The Morgan fingerprint density at radius 3 is 2.16 bits per heavy atom. The lowest BCUT2D eigenvalue weighted by molar-refractivity contribution is -0.192. The fourth-order valence-electron chi connectivity index (χ4n) is 1.50. The number of nitrogens with one attached hydrogen (secondary N) is 1. The largest absolute Gasteiger partial charge is 0.490 e. The van der Waals surface area contributed by atoms with Crippen LogP contribution in [-0.4, -0.2) is 53.7 Å². The van der Waals surface area contributed by atoms with E-state index in [-0.39, 0.29) is 11.8 Å². The summed E-state index contributed by atoms with van der Waals surface area (Å²) in [6.45, 7) is 8.72. The van der Waals surface area contributed by atoms with Crippen LogP contribution in [0.4, 0.5) is 13.2 Å². The summed E-state index contributed by atoms with van der Waals surface area (Å²) >= 11 is 0. The normalized spacial score (nSPS) is 19.7. The number of halogens is 3. The van der Waals surface area contributed by atoms with Gasteiger partial charge in [0.15, 0.2) is 0 Å². The van der Waals surface area contributed by atoms with Gasteiger partial charge in [0.2, 0.25) is 5.91 Å². The van der Waals surface area contributed by atoms with Crippen molar-refractivity contribution in [2.24, 2.45) is 5.92 Å². The van der Waals surface area contributed by atoms with E-state index in [0.717, 1.165) is 19.6 Å². The molecule has 1 atom stereocenters. The molecule has 0 spiro atoms. The maximum absolute atomic E-state index is 11.6. The molecule has 1 fully saturated rings. The van der Waals surface area contributed by atoms with Gasteiger partial charge in [-0.3, -0.25) is 4.79 Å². The van der Waals surface area contributed by atoms with Crippen molar-refractivity contribution in [3.05, 3.63) is 0 Å². The first kappa shape index (κ1) is 17.7. The minimum atomic E-state index is -5.08. The lowest BCUT2D eigenvalue weighted by Gasteiger charge is -2.35. The molecule has 0 radical (unpaired) electrons. The van der Waals surface area contributed by atoms with E-state index in [1.807, 2.05) is 18.7 Å². The van der Waals surface area contributed by atoms with Crippen LogP contribution < -0.4 is 5.32 Å². The molecule has 1 rings (SSSR count). The molecule has 19 heavy (non-hydrogen) atoms. The number of amides is 1. The summed E-state index contributed by atoms with van der Waals surface area (Å²) < 4.78 is 31.7. The predicted molar refractivity (Wildman–Crippen MR) is 62.6 cm³/mol. The van der Waals surface area contributed by atoms with Crippen LogP contribution in [-0.2, 0) is 9.59 Å². The quantitative estimate of drug-likeness (QED) is 0.756. The summed E-state index contributed by atoms with van der Waals surface area (Å²) in [7, 11) is 0. The van der Waals surface area contributed by atoms with Gasteiger partial charge in [-0.2, -0.15) is 13.2 Å². The third-order valence-corrected chi connectivity index (χ3v) is 2.52. The van der Waals surface area contributed by atoms with Crippen molar-refractivity contribution < 1.29 is 27.9 Å². The molecule has 8 heteroatoms. The fraction of sp³-hybridized carbons (Fsp3) is 0.818. The van der Waals surface area contributed by atoms with E-state index in [9.17, 15) is 18.0 Å². The van der Waals surface area contributed by atoms with Crippen molar-refractivity contribution in [1.82, 2.24) is 10.2 Å². The molecule has 1 aliphatic heterocycles. The standard InChI is InChI=1S/C9H18N2O.C2HF3O2/c1-7(2)9(12)11-5-4-10-6-8(11)3;3-2(4,5)1(6)7/h7-8,10H,4-6H2,1-3H3;(H,6,7)/t8-;/m1./s1. The lowest BCUT2D eigenvalue weighted by atomic mass is 10.1. The van der Waals surface area contributed by atoms with Crippen molar-refractivity contribution in [1.29, 1.82) is 0 Å². The molecule has 5 nitrogen and oxygen atoms in total. The number of rotatable bonds is 1. The van der Waals surface area contributed by atoms with E-state index < -0.39 is 12.1 Å². The summed E-state index contributed by atoms with van der Waals surface area (Å²) in [4.78, 5) is 22.5. The number of alkyl halides is 3. The number of carboxylic acids is 1. The average molecular weight is 284 g/mol. The molecule has 0 aliphatic carbocycles. The van der Waals surface area contributed by atoms with Crippen LogP contribution in [0.2, 0.25) is 0 Å². The zero-order valence-electron chi connectivity index (χ0n) is 11.1. The zero-order valence-corrected chi connectivity index (χ0v) is 11.1. The van der Waals surface area contributed by atoms with E-state index in [2.05, 4.69) is 12.2 Å². The van der Waals surface area contributed by atoms with Gasteiger partial charge >= 0.3 is 12.1 Å². The number of piperazine rings is 1. The molecule has 1 aliphatic rings. The highest BCUT2D eigenvalue weighted by atomic mass is 19.4. The van der Waals surface area contributed by atoms with E-state index in [1.54, 1.807) is 0 Å². The van der Waals surface area contributed by atoms with Crippen LogP contribution >= 0.6 is 0 Å². The number of nitrogens with zero attached hydrogens (tertiary/aromatic N) is 1. The molecule has 1 saturated heterocycles. The maximum Gasteiger partial charge on any atom is 0.490 e. The summed E-state index contributed by atoms with van der Waals surface area (Å²) in [5, 5.41) is 10.4. The van der Waals surface area contributed by atoms with Gasteiger partial charge in [0.25, 0.3) is 0 Å². The van der Waals surface area contributed by atoms with E-state index in [0.29, 0.717) is 6.04 Å².